The van der Waals surface area contributed by atoms with Crippen molar-refractivity contribution in [1.82, 2.24) is 9.97 Å². The lowest BCUT2D eigenvalue weighted by atomic mass is 10.1. The van der Waals surface area contributed by atoms with E-state index < -0.39 is 0 Å². The molecule has 1 unspecified atom stereocenters. The van der Waals surface area contributed by atoms with Crippen LogP contribution in [-0.4, -0.2) is 34.8 Å². The molecule has 0 aromatic carbocycles. The number of anilines is 3. The van der Waals surface area contributed by atoms with E-state index in [9.17, 15) is 0 Å². The monoisotopic (exact) mass is 224 g/mol. The largest absolute Gasteiger partial charge is 0.396 e. The molecule has 1 atom stereocenters. The molecule has 0 bridgehead atoms. The van der Waals surface area contributed by atoms with Gasteiger partial charge in [-0.3, -0.25) is 0 Å². The molecule has 1 aliphatic heterocycles. The minimum atomic E-state index is 0.192. The summed E-state index contributed by atoms with van der Waals surface area (Å²) in [7, 11) is 0. The number of aliphatic hydroxyl groups excluding tert-OH is 1. The normalized spacial score (nSPS) is 20.1. The summed E-state index contributed by atoms with van der Waals surface area (Å²) in [5, 5.41) is 9.07. The van der Waals surface area contributed by atoms with Crippen molar-refractivity contribution in [2.75, 3.05) is 35.8 Å². The summed E-state index contributed by atoms with van der Waals surface area (Å²) < 4.78 is 0. The highest BCUT2D eigenvalue weighted by molar-refractivity contribution is 5.52. The van der Waals surface area contributed by atoms with E-state index in [1.807, 2.05) is 0 Å². The number of hydrazine groups is 1. The molecule has 16 heavy (non-hydrogen) atoms. The molecule has 88 valence electrons. The fourth-order valence-corrected chi connectivity index (χ4v) is 1.88. The molecule has 7 nitrogen and oxygen atoms in total. The smallest absolute Gasteiger partial charge is 0.223 e. The molecular weight excluding hydrogens is 208 g/mol. The quantitative estimate of drug-likeness (QED) is 0.391. The summed E-state index contributed by atoms with van der Waals surface area (Å²) in [6.07, 6.45) is 0.964. The SMILES string of the molecule is NNc1cc(N2CCC(CO)C2)nc(N)n1. The van der Waals surface area contributed by atoms with E-state index in [0.29, 0.717) is 11.7 Å². The Labute approximate surface area is 93.4 Å². The molecule has 2 heterocycles. The highest BCUT2D eigenvalue weighted by Gasteiger charge is 2.23. The first-order chi connectivity index (χ1) is 7.72. The maximum Gasteiger partial charge on any atom is 0.223 e. The van der Waals surface area contributed by atoms with Crippen molar-refractivity contribution in [3.8, 4) is 0 Å². The summed E-state index contributed by atoms with van der Waals surface area (Å²) in [6.45, 7) is 1.86. The number of nitrogens with one attached hydrogen (secondary N) is 1. The van der Waals surface area contributed by atoms with Gasteiger partial charge in [0.25, 0.3) is 0 Å². The Morgan fingerprint density at radius 2 is 2.38 bits per heavy atom. The Balaban J connectivity index is 2.17. The number of nitrogens with two attached hydrogens (primary N) is 2. The molecule has 1 aromatic heterocycles. The summed E-state index contributed by atoms with van der Waals surface area (Å²) in [5.74, 6) is 7.03. The molecule has 0 saturated carbocycles. The molecule has 1 fully saturated rings. The number of rotatable bonds is 3. The van der Waals surface area contributed by atoms with Crippen molar-refractivity contribution < 1.29 is 5.11 Å². The zero-order valence-corrected chi connectivity index (χ0v) is 8.93. The van der Waals surface area contributed by atoms with Gasteiger partial charge in [0, 0.05) is 31.7 Å². The lowest BCUT2D eigenvalue weighted by Crippen LogP contribution is -2.23. The van der Waals surface area contributed by atoms with Crippen molar-refractivity contribution >= 4 is 17.6 Å². The van der Waals surface area contributed by atoms with Crippen molar-refractivity contribution in [3.63, 3.8) is 0 Å². The Kier molecular flexibility index (Phi) is 3.07. The minimum Gasteiger partial charge on any atom is -0.396 e. The predicted molar refractivity (Wildman–Crippen MR) is 61.7 cm³/mol. The predicted octanol–water partition coefficient (Wildman–Crippen LogP) is -0.837. The topological polar surface area (TPSA) is 113 Å². The van der Waals surface area contributed by atoms with Gasteiger partial charge in [0.15, 0.2) is 0 Å². The van der Waals surface area contributed by atoms with Crippen molar-refractivity contribution in [3.05, 3.63) is 6.07 Å². The second kappa shape index (κ2) is 4.50. The second-order valence-electron chi connectivity index (χ2n) is 3.90. The zero-order valence-electron chi connectivity index (χ0n) is 8.93. The first-order valence-corrected chi connectivity index (χ1v) is 5.20. The fraction of sp³-hybridized carbons (Fsp3) is 0.556. The minimum absolute atomic E-state index is 0.192. The van der Waals surface area contributed by atoms with E-state index >= 15 is 0 Å². The lowest BCUT2D eigenvalue weighted by molar-refractivity contribution is 0.238. The Morgan fingerprint density at radius 1 is 1.56 bits per heavy atom. The fourth-order valence-electron chi connectivity index (χ4n) is 1.88. The molecule has 2 rings (SSSR count). The van der Waals surface area contributed by atoms with E-state index in [2.05, 4.69) is 20.3 Å². The van der Waals surface area contributed by atoms with Gasteiger partial charge in [-0.05, 0) is 6.42 Å². The summed E-state index contributed by atoms with van der Waals surface area (Å²) in [6, 6.07) is 1.75. The van der Waals surface area contributed by atoms with Crippen molar-refractivity contribution in [1.29, 1.82) is 0 Å². The third-order valence-corrected chi connectivity index (χ3v) is 2.75. The Hall–Kier alpha value is -1.60. The Bertz CT molecular complexity index is 371. The third-order valence-electron chi connectivity index (χ3n) is 2.75. The molecule has 1 aliphatic rings. The second-order valence-corrected chi connectivity index (χ2v) is 3.90. The third kappa shape index (κ3) is 2.15. The molecule has 1 saturated heterocycles. The highest BCUT2D eigenvalue weighted by Crippen LogP contribution is 2.23. The van der Waals surface area contributed by atoms with Crippen LogP contribution in [0.5, 0.6) is 0 Å². The number of nitrogens with zero attached hydrogens (tertiary/aromatic N) is 3. The first-order valence-electron chi connectivity index (χ1n) is 5.20. The van der Waals surface area contributed by atoms with Gasteiger partial charge in [-0.1, -0.05) is 0 Å². The van der Waals surface area contributed by atoms with Gasteiger partial charge in [-0.25, -0.2) is 5.84 Å². The molecular formula is C9H16N6O. The number of aromatic nitrogens is 2. The van der Waals surface area contributed by atoms with Crippen LogP contribution < -0.4 is 21.9 Å². The van der Waals surface area contributed by atoms with Crippen molar-refractivity contribution in [2.45, 2.75) is 6.42 Å². The average Bonchev–Trinajstić information content (AvgIpc) is 2.76. The average molecular weight is 224 g/mol. The molecule has 0 radical (unpaired) electrons. The van der Waals surface area contributed by atoms with Gasteiger partial charge in [-0.15, -0.1) is 0 Å². The number of hydrogen-bond donors (Lipinski definition) is 4. The van der Waals surface area contributed by atoms with Crippen LogP contribution in [0.4, 0.5) is 17.6 Å². The Morgan fingerprint density at radius 3 is 3.00 bits per heavy atom. The standard InChI is InChI=1S/C9H16N6O/c10-9-12-7(14-11)3-8(13-9)15-2-1-6(4-15)5-16/h3,6,16H,1-2,4-5,11H2,(H3,10,12,13,14). The van der Waals surface area contributed by atoms with Gasteiger partial charge in [0.2, 0.25) is 5.95 Å². The number of nitrogen functional groups attached to an aromatic ring is 2. The van der Waals surface area contributed by atoms with Gasteiger partial charge >= 0.3 is 0 Å². The molecule has 0 amide bonds. The van der Waals surface area contributed by atoms with Crippen LogP contribution in [0.1, 0.15) is 6.42 Å². The van der Waals surface area contributed by atoms with E-state index in [4.69, 9.17) is 16.7 Å². The molecule has 1 aromatic rings. The maximum atomic E-state index is 9.07. The molecule has 0 aliphatic carbocycles. The van der Waals surface area contributed by atoms with Crippen LogP contribution in [-0.2, 0) is 0 Å². The molecule has 0 spiro atoms. The van der Waals surface area contributed by atoms with E-state index in [1.54, 1.807) is 6.07 Å². The van der Waals surface area contributed by atoms with E-state index in [0.717, 1.165) is 25.3 Å². The highest BCUT2D eigenvalue weighted by atomic mass is 16.3. The van der Waals surface area contributed by atoms with Crippen LogP contribution in [0.25, 0.3) is 0 Å². The van der Waals surface area contributed by atoms with Crippen LogP contribution in [0, 0.1) is 5.92 Å². The maximum absolute atomic E-state index is 9.07. The summed E-state index contributed by atoms with van der Waals surface area (Å²) >= 11 is 0. The first kappa shape index (κ1) is 10.9. The molecule has 7 heteroatoms. The lowest BCUT2D eigenvalue weighted by Gasteiger charge is -2.17. The molecule has 6 N–H and O–H groups in total. The van der Waals surface area contributed by atoms with Crippen molar-refractivity contribution in [2.24, 2.45) is 11.8 Å². The van der Waals surface area contributed by atoms with Gasteiger partial charge in [0.05, 0.1) is 0 Å². The summed E-state index contributed by atoms with van der Waals surface area (Å²) in [5.41, 5.74) is 8.03. The van der Waals surface area contributed by atoms with Gasteiger partial charge < -0.3 is 21.2 Å². The summed E-state index contributed by atoms with van der Waals surface area (Å²) in [4.78, 5) is 10.1. The van der Waals surface area contributed by atoms with Crippen LogP contribution in [0.15, 0.2) is 6.07 Å². The van der Waals surface area contributed by atoms with Crippen LogP contribution in [0.2, 0.25) is 0 Å². The zero-order chi connectivity index (χ0) is 11.5. The van der Waals surface area contributed by atoms with E-state index in [1.165, 1.54) is 0 Å². The van der Waals surface area contributed by atoms with Gasteiger partial charge in [-0.2, -0.15) is 9.97 Å². The number of aliphatic hydroxyl groups is 1. The van der Waals surface area contributed by atoms with E-state index in [-0.39, 0.29) is 12.6 Å². The number of hydrogen-bond acceptors (Lipinski definition) is 7. The van der Waals surface area contributed by atoms with Crippen LogP contribution in [0.3, 0.4) is 0 Å². The van der Waals surface area contributed by atoms with Crippen LogP contribution >= 0.6 is 0 Å². The van der Waals surface area contributed by atoms with Gasteiger partial charge in [0.1, 0.15) is 11.6 Å².